The third kappa shape index (κ3) is 8.99. The van der Waals surface area contributed by atoms with Crippen LogP contribution in [0, 0.1) is 0 Å². The molecule has 1 atom stereocenters. The molecule has 0 heterocycles. The molecule has 2 amide bonds. The highest BCUT2D eigenvalue weighted by Gasteiger charge is 2.19. The summed E-state index contributed by atoms with van der Waals surface area (Å²) in [5.41, 5.74) is 0.266. The van der Waals surface area contributed by atoms with Gasteiger partial charge in [-0.1, -0.05) is 30.3 Å². The lowest BCUT2D eigenvalue weighted by Crippen LogP contribution is -2.46. The van der Waals surface area contributed by atoms with Crippen LogP contribution in [-0.2, 0) is 16.1 Å². The molecule has 0 aliphatic carbocycles. The SMILES string of the molecule is CC(C)(C)OC(=O)N[C@@H](CCO)CNC(=O)OCc1ccccc1. The van der Waals surface area contributed by atoms with Crippen molar-refractivity contribution in [1.82, 2.24) is 10.6 Å². The first kappa shape index (κ1) is 19.8. The van der Waals surface area contributed by atoms with E-state index in [1.54, 1.807) is 20.8 Å². The molecule has 0 saturated heterocycles. The second kappa shape index (κ2) is 9.77. The molecule has 1 aromatic rings. The Balaban J connectivity index is 2.36. The molecular formula is C17H26N2O5. The fourth-order valence-corrected chi connectivity index (χ4v) is 1.84. The molecule has 0 unspecified atom stereocenters. The van der Waals surface area contributed by atoms with Gasteiger partial charge < -0.3 is 25.2 Å². The number of benzene rings is 1. The summed E-state index contributed by atoms with van der Waals surface area (Å²) in [6.45, 7) is 5.44. The summed E-state index contributed by atoms with van der Waals surface area (Å²) in [5, 5.41) is 14.2. The predicted octanol–water partition coefficient (Wildman–Crippen LogP) is 2.19. The standard InChI is InChI=1S/C17H26N2O5/c1-17(2,3)24-16(22)19-14(9-10-20)11-18-15(21)23-12-13-7-5-4-6-8-13/h4-8,14,20H,9-12H2,1-3H3,(H,18,21)(H,19,22)/t14-/m0/s1. The highest BCUT2D eigenvalue weighted by atomic mass is 16.6. The first-order valence-corrected chi connectivity index (χ1v) is 7.85. The predicted molar refractivity (Wildman–Crippen MR) is 89.5 cm³/mol. The van der Waals surface area contributed by atoms with E-state index < -0.39 is 23.8 Å². The molecular weight excluding hydrogens is 312 g/mol. The molecule has 3 N–H and O–H groups in total. The number of carbonyl (C=O) groups is 2. The first-order chi connectivity index (χ1) is 11.3. The Hall–Kier alpha value is -2.28. The van der Waals surface area contributed by atoms with Gasteiger partial charge in [-0.25, -0.2) is 9.59 Å². The van der Waals surface area contributed by atoms with Gasteiger partial charge in [0.05, 0.1) is 6.04 Å². The lowest BCUT2D eigenvalue weighted by Gasteiger charge is -2.23. The fraction of sp³-hybridized carbons (Fsp3) is 0.529. The number of ether oxygens (including phenoxy) is 2. The minimum absolute atomic E-state index is 0.124. The summed E-state index contributed by atoms with van der Waals surface area (Å²) in [6, 6.07) is 8.86. The van der Waals surface area contributed by atoms with Crippen molar-refractivity contribution in [3.05, 3.63) is 35.9 Å². The highest BCUT2D eigenvalue weighted by Crippen LogP contribution is 2.07. The van der Waals surface area contributed by atoms with Crippen molar-refractivity contribution < 1.29 is 24.2 Å². The molecule has 0 bridgehead atoms. The van der Waals surface area contributed by atoms with Gasteiger partial charge in [-0.05, 0) is 32.8 Å². The van der Waals surface area contributed by atoms with Crippen molar-refractivity contribution in [2.75, 3.05) is 13.2 Å². The zero-order valence-electron chi connectivity index (χ0n) is 14.4. The molecule has 0 aromatic heterocycles. The number of nitrogens with one attached hydrogen (secondary N) is 2. The van der Waals surface area contributed by atoms with E-state index in [0.29, 0.717) is 0 Å². The maximum absolute atomic E-state index is 11.7. The Bertz CT molecular complexity index is 513. The lowest BCUT2D eigenvalue weighted by molar-refractivity contribution is 0.0495. The molecule has 1 rings (SSSR count). The van der Waals surface area contributed by atoms with Gasteiger partial charge >= 0.3 is 12.2 Å². The van der Waals surface area contributed by atoms with Gasteiger partial charge in [-0.3, -0.25) is 0 Å². The molecule has 0 radical (unpaired) electrons. The molecule has 134 valence electrons. The van der Waals surface area contributed by atoms with Crippen LogP contribution in [0.4, 0.5) is 9.59 Å². The summed E-state index contributed by atoms with van der Waals surface area (Å²) < 4.78 is 10.2. The molecule has 7 heteroatoms. The second-order valence-electron chi connectivity index (χ2n) is 6.30. The van der Waals surface area contributed by atoms with Crippen LogP contribution in [-0.4, -0.2) is 42.1 Å². The van der Waals surface area contributed by atoms with Gasteiger partial charge in [0, 0.05) is 13.2 Å². The number of rotatable bonds is 7. The van der Waals surface area contributed by atoms with Gasteiger partial charge in [0.25, 0.3) is 0 Å². The van der Waals surface area contributed by atoms with Crippen LogP contribution >= 0.6 is 0 Å². The van der Waals surface area contributed by atoms with Gasteiger partial charge in [-0.15, -0.1) is 0 Å². The number of hydrogen-bond donors (Lipinski definition) is 3. The third-order valence-electron chi connectivity index (χ3n) is 2.90. The van der Waals surface area contributed by atoms with E-state index in [4.69, 9.17) is 14.6 Å². The summed E-state index contributed by atoms with van der Waals surface area (Å²) in [7, 11) is 0. The van der Waals surface area contributed by atoms with E-state index in [0.717, 1.165) is 5.56 Å². The van der Waals surface area contributed by atoms with Crippen molar-refractivity contribution in [1.29, 1.82) is 0 Å². The van der Waals surface area contributed by atoms with Crippen LogP contribution in [0.3, 0.4) is 0 Å². The van der Waals surface area contributed by atoms with Crippen LogP contribution in [0.5, 0.6) is 0 Å². The zero-order chi connectivity index (χ0) is 18.0. The zero-order valence-corrected chi connectivity index (χ0v) is 14.4. The van der Waals surface area contributed by atoms with Crippen LogP contribution < -0.4 is 10.6 Å². The smallest absolute Gasteiger partial charge is 0.407 e. The van der Waals surface area contributed by atoms with Crippen LogP contribution in [0.2, 0.25) is 0 Å². The average Bonchev–Trinajstić information content (AvgIpc) is 2.50. The molecule has 0 fully saturated rings. The van der Waals surface area contributed by atoms with Gasteiger partial charge in [-0.2, -0.15) is 0 Å². The van der Waals surface area contributed by atoms with Crippen molar-refractivity contribution in [2.45, 2.75) is 45.4 Å². The maximum atomic E-state index is 11.7. The summed E-state index contributed by atoms with van der Waals surface area (Å²) in [5.74, 6) is 0. The largest absolute Gasteiger partial charge is 0.445 e. The normalized spacial score (nSPS) is 12.2. The van der Waals surface area contributed by atoms with E-state index >= 15 is 0 Å². The second-order valence-corrected chi connectivity index (χ2v) is 6.30. The minimum atomic E-state index is -0.615. The molecule has 0 spiro atoms. The lowest BCUT2D eigenvalue weighted by atomic mass is 10.2. The Labute approximate surface area is 142 Å². The van der Waals surface area contributed by atoms with Crippen molar-refractivity contribution in [3.63, 3.8) is 0 Å². The van der Waals surface area contributed by atoms with E-state index in [9.17, 15) is 9.59 Å². The number of hydrogen-bond acceptors (Lipinski definition) is 5. The molecule has 0 aliphatic heterocycles. The Kier molecular flexibility index (Phi) is 8.05. The topological polar surface area (TPSA) is 96.9 Å². The molecule has 24 heavy (non-hydrogen) atoms. The van der Waals surface area contributed by atoms with Crippen LogP contribution in [0.15, 0.2) is 30.3 Å². The van der Waals surface area contributed by atoms with Crippen molar-refractivity contribution in [2.24, 2.45) is 0 Å². The highest BCUT2D eigenvalue weighted by molar-refractivity contribution is 5.69. The first-order valence-electron chi connectivity index (χ1n) is 7.85. The van der Waals surface area contributed by atoms with Crippen molar-refractivity contribution >= 4 is 12.2 Å². The summed E-state index contributed by atoms with van der Waals surface area (Å²) in [4.78, 5) is 23.4. The van der Waals surface area contributed by atoms with Crippen LogP contribution in [0.25, 0.3) is 0 Å². The minimum Gasteiger partial charge on any atom is -0.445 e. The third-order valence-corrected chi connectivity index (χ3v) is 2.90. The van der Waals surface area contributed by atoms with Gasteiger partial charge in [0.15, 0.2) is 0 Å². The van der Waals surface area contributed by atoms with E-state index in [1.807, 2.05) is 30.3 Å². The number of amides is 2. The van der Waals surface area contributed by atoms with Gasteiger partial charge in [0.2, 0.25) is 0 Å². The molecule has 0 saturated carbocycles. The molecule has 1 aromatic carbocycles. The van der Waals surface area contributed by atoms with E-state index in [-0.39, 0.29) is 26.2 Å². The van der Waals surface area contributed by atoms with Crippen molar-refractivity contribution in [3.8, 4) is 0 Å². The number of aliphatic hydroxyl groups excluding tert-OH is 1. The number of alkyl carbamates (subject to hydrolysis) is 2. The maximum Gasteiger partial charge on any atom is 0.407 e. The average molecular weight is 338 g/mol. The summed E-state index contributed by atoms with van der Waals surface area (Å²) in [6.07, 6.45) is -0.897. The summed E-state index contributed by atoms with van der Waals surface area (Å²) >= 11 is 0. The fourth-order valence-electron chi connectivity index (χ4n) is 1.84. The monoisotopic (exact) mass is 338 g/mol. The Morgan fingerprint density at radius 3 is 2.42 bits per heavy atom. The Morgan fingerprint density at radius 1 is 1.17 bits per heavy atom. The van der Waals surface area contributed by atoms with Gasteiger partial charge in [0.1, 0.15) is 12.2 Å². The molecule has 0 aliphatic rings. The van der Waals surface area contributed by atoms with E-state index in [2.05, 4.69) is 10.6 Å². The number of aliphatic hydroxyl groups is 1. The number of carbonyl (C=O) groups excluding carboxylic acids is 2. The quantitative estimate of drug-likeness (QED) is 0.708. The molecule has 7 nitrogen and oxygen atoms in total. The van der Waals surface area contributed by atoms with E-state index in [1.165, 1.54) is 0 Å². The Morgan fingerprint density at radius 2 is 1.83 bits per heavy atom. The van der Waals surface area contributed by atoms with Crippen LogP contribution in [0.1, 0.15) is 32.8 Å².